The van der Waals surface area contributed by atoms with Gasteiger partial charge in [0.2, 0.25) is 9.84 Å². The van der Waals surface area contributed by atoms with E-state index in [9.17, 15) is 26.9 Å². The van der Waals surface area contributed by atoms with Gasteiger partial charge in [0, 0.05) is 16.4 Å². The van der Waals surface area contributed by atoms with Gasteiger partial charge in [0.1, 0.15) is 17.6 Å². The van der Waals surface area contributed by atoms with Gasteiger partial charge in [0.05, 0.1) is 10.5 Å². The second-order valence-electron chi connectivity index (χ2n) is 6.37. The number of ether oxygens (including phenoxy) is 1. The van der Waals surface area contributed by atoms with Crippen LogP contribution in [0.25, 0.3) is 0 Å². The number of benzene rings is 3. The summed E-state index contributed by atoms with van der Waals surface area (Å²) in [6.45, 7) is 0. The van der Waals surface area contributed by atoms with E-state index in [1.807, 2.05) is 0 Å². The van der Waals surface area contributed by atoms with Crippen molar-refractivity contribution in [2.24, 2.45) is 0 Å². The first-order valence-corrected chi connectivity index (χ1v) is 11.2. The van der Waals surface area contributed by atoms with Gasteiger partial charge in [0.15, 0.2) is 4.91 Å². The van der Waals surface area contributed by atoms with Gasteiger partial charge in [-0.25, -0.2) is 8.42 Å². The maximum Gasteiger partial charge on any atom is 0.416 e. The van der Waals surface area contributed by atoms with Crippen LogP contribution in [0.2, 0.25) is 0 Å². The van der Waals surface area contributed by atoms with Crippen LogP contribution in [0.5, 0.6) is 11.5 Å². The number of hydrogen-bond donors (Lipinski definition) is 1. The first kappa shape index (κ1) is 23.4. The lowest BCUT2D eigenvalue weighted by molar-refractivity contribution is -0.137. The summed E-state index contributed by atoms with van der Waals surface area (Å²) in [6.07, 6.45) is -3.41. The third-order valence-corrected chi connectivity index (χ3v) is 6.35. The highest BCUT2D eigenvalue weighted by atomic mass is 79.9. The Morgan fingerprint density at radius 2 is 1.66 bits per heavy atom. The van der Waals surface area contributed by atoms with Crippen LogP contribution in [-0.4, -0.2) is 8.42 Å². The summed E-state index contributed by atoms with van der Waals surface area (Å²) in [5.41, 5.74) is -0.380. The van der Waals surface area contributed by atoms with Gasteiger partial charge in [-0.3, -0.25) is 0 Å². The fourth-order valence-corrected chi connectivity index (χ4v) is 3.90. The molecule has 0 amide bonds. The molecule has 0 aliphatic heterocycles. The molecule has 5 nitrogen and oxygen atoms in total. The number of nitrogens with zero attached hydrogens (tertiary/aromatic N) is 1. The maximum atomic E-state index is 12.8. The molecule has 0 aliphatic rings. The first-order valence-electron chi connectivity index (χ1n) is 8.92. The molecule has 0 spiro atoms. The zero-order chi connectivity index (χ0) is 23.4. The number of sulfone groups is 1. The van der Waals surface area contributed by atoms with E-state index < -0.39 is 26.5 Å². The smallest absolute Gasteiger partial charge is 0.416 e. The van der Waals surface area contributed by atoms with Crippen molar-refractivity contribution in [2.45, 2.75) is 11.1 Å². The third kappa shape index (κ3) is 5.69. The van der Waals surface area contributed by atoms with Crippen LogP contribution in [-0.2, 0) is 16.0 Å². The molecule has 0 aliphatic carbocycles. The molecular formula is C22H14BrF3N2O3S. The van der Waals surface area contributed by atoms with E-state index in [0.717, 1.165) is 18.3 Å². The molecular weight excluding hydrogens is 509 g/mol. The predicted molar refractivity (Wildman–Crippen MR) is 117 cm³/mol. The van der Waals surface area contributed by atoms with Crippen LogP contribution < -0.4 is 10.1 Å². The molecule has 3 aromatic carbocycles. The van der Waals surface area contributed by atoms with Gasteiger partial charge in [0.25, 0.3) is 0 Å². The number of allylic oxidation sites excluding steroid dienone is 1. The van der Waals surface area contributed by atoms with Crippen LogP contribution in [0, 0.1) is 11.3 Å². The van der Waals surface area contributed by atoms with E-state index >= 15 is 0 Å². The minimum Gasteiger partial charge on any atom is -0.457 e. The second-order valence-corrected chi connectivity index (χ2v) is 9.21. The molecule has 0 saturated carbocycles. The molecule has 0 bridgehead atoms. The SMILES string of the molecule is N#CC(=CNc1ccc(Oc2cccc(C(F)(F)F)c2)cc1)S(=O)(=O)c1ccc(Br)cc1. The third-order valence-electron chi connectivity index (χ3n) is 4.14. The quantitative estimate of drug-likeness (QED) is 0.373. The number of rotatable bonds is 6. The van der Waals surface area contributed by atoms with Crippen LogP contribution in [0.4, 0.5) is 18.9 Å². The van der Waals surface area contributed by atoms with Crippen LogP contribution >= 0.6 is 15.9 Å². The van der Waals surface area contributed by atoms with Crippen molar-refractivity contribution in [2.75, 3.05) is 5.32 Å². The Balaban J connectivity index is 1.73. The number of nitrogens with one attached hydrogen (secondary N) is 1. The maximum absolute atomic E-state index is 12.8. The van der Waals surface area contributed by atoms with Gasteiger partial charge < -0.3 is 10.1 Å². The molecule has 0 aromatic heterocycles. The van der Waals surface area contributed by atoms with Crippen LogP contribution in [0.3, 0.4) is 0 Å². The standard InChI is InChI=1S/C22H14BrF3N2O3S/c23-16-4-10-20(11-5-16)32(29,30)21(13-27)14-28-17-6-8-18(9-7-17)31-19-3-1-2-15(12-19)22(24,25)26/h1-12,14,28H. The largest absolute Gasteiger partial charge is 0.457 e. The van der Waals surface area contributed by atoms with E-state index in [1.165, 1.54) is 48.5 Å². The van der Waals surface area contributed by atoms with Crippen molar-refractivity contribution in [3.05, 3.63) is 93.9 Å². The van der Waals surface area contributed by atoms with Crippen LogP contribution in [0.1, 0.15) is 5.56 Å². The minimum atomic E-state index is -4.48. The highest BCUT2D eigenvalue weighted by molar-refractivity contribution is 9.10. The summed E-state index contributed by atoms with van der Waals surface area (Å²) in [7, 11) is -4.00. The molecule has 0 unspecified atom stereocenters. The fraction of sp³-hybridized carbons (Fsp3) is 0.0455. The van der Waals surface area contributed by atoms with E-state index in [-0.39, 0.29) is 16.4 Å². The lowest BCUT2D eigenvalue weighted by Gasteiger charge is -2.10. The van der Waals surface area contributed by atoms with Crippen molar-refractivity contribution in [3.63, 3.8) is 0 Å². The molecule has 3 rings (SSSR count). The topological polar surface area (TPSA) is 79.2 Å². The van der Waals surface area contributed by atoms with E-state index in [4.69, 9.17) is 4.74 Å². The van der Waals surface area contributed by atoms with Crippen LogP contribution in [0.15, 0.2) is 93.3 Å². The Labute approximate surface area is 190 Å². The Morgan fingerprint density at radius 1 is 1.00 bits per heavy atom. The first-order chi connectivity index (χ1) is 15.1. The highest BCUT2D eigenvalue weighted by Gasteiger charge is 2.30. The molecule has 164 valence electrons. The van der Waals surface area contributed by atoms with Crippen molar-refractivity contribution in [3.8, 4) is 17.6 Å². The Bertz CT molecular complexity index is 1280. The molecule has 10 heteroatoms. The molecule has 3 aromatic rings. The van der Waals surface area contributed by atoms with E-state index in [2.05, 4.69) is 21.2 Å². The summed E-state index contributed by atoms with van der Waals surface area (Å²) in [5.74, 6) is 0.301. The average Bonchev–Trinajstić information content (AvgIpc) is 2.75. The average molecular weight is 523 g/mol. The second kappa shape index (κ2) is 9.46. The van der Waals surface area contributed by atoms with E-state index in [0.29, 0.717) is 10.2 Å². The van der Waals surface area contributed by atoms with Gasteiger partial charge in [-0.2, -0.15) is 18.4 Å². The van der Waals surface area contributed by atoms with Crippen molar-refractivity contribution >= 4 is 31.5 Å². The van der Waals surface area contributed by atoms with Gasteiger partial charge in [-0.1, -0.05) is 22.0 Å². The normalized spacial score (nSPS) is 12.2. The van der Waals surface area contributed by atoms with Crippen molar-refractivity contribution in [1.29, 1.82) is 5.26 Å². The zero-order valence-corrected chi connectivity index (χ0v) is 18.5. The Hall–Kier alpha value is -3.29. The Morgan fingerprint density at radius 3 is 2.25 bits per heavy atom. The van der Waals surface area contributed by atoms with Crippen molar-refractivity contribution < 1.29 is 26.3 Å². The van der Waals surface area contributed by atoms with E-state index in [1.54, 1.807) is 18.2 Å². The predicted octanol–water partition coefficient (Wildman–Crippen LogP) is 6.51. The number of hydrogen-bond acceptors (Lipinski definition) is 5. The highest BCUT2D eigenvalue weighted by Crippen LogP contribution is 2.33. The van der Waals surface area contributed by atoms with Gasteiger partial charge in [-0.05, 0) is 66.7 Å². The molecule has 0 radical (unpaired) electrons. The monoisotopic (exact) mass is 522 g/mol. The molecule has 32 heavy (non-hydrogen) atoms. The summed E-state index contributed by atoms with van der Waals surface area (Å²) in [6, 6.07) is 18.1. The summed E-state index contributed by atoms with van der Waals surface area (Å²) in [5, 5.41) is 12.0. The van der Waals surface area contributed by atoms with Gasteiger partial charge >= 0.3 is 6.18 Å². The molecule has 0 saturated heterocycles. The summed E-state index contributed by atoms with van der Waals surface area (Å²) < 4.78 is 69.8. The molecule has 1 N–H and O–H groups in total. The van der Waals surface area contributed by atoms with Crippen molar-refractivity contribution in [1.82, 2.24) is 0 Å². The minimum absolute atomic E-state index is 0.0211. The summed E-state index contributed by atoms with van der Waals surface area (Å²) in [4.78, 5) is -0.510. The number of halogens is 4. The fourth-order valence-electron chi connectivity index (χ4n) is 2.55. The number of anilines is 1. The number of nitriles is 1. The number of alkyl halides is 3. The lowest BCUT2D eigenvalue weighted by Crippen LogP contribution is -2.05. The molecule has 0 heterocycles. The van der Waals surface area contributed by atoms with Gasteiger partial charge in [-0.15, -0.1) is 0 Å². The zero-order valence-electron chi connectivity index (χ0n) is 16.1. The lowest BCUT2D eigenvalue weighted by atomic mass is 10.2. The Kier molecular flexibility index (Phi) is 6.91. The molecule has 0 atom stereocenters. The molecule has 0 fully saturated rings. The summed E-state index contributed by atoms with van der Waals surface area (Å²) >= 11 is 3.22.